The minimum Gasteiger partial charge on any atom is -0.316 e. The summed E-state index contributed by atoms with van der Waals surface area (Å²) in [6.07, 6.45) is 3.13. The van der Waals surface area contributed by atoms with E-state index in [1.807, 2.05) is 17.9 Å². The Bertz CT molecular complexity index is 313. The molecular weight excluding hydrogens is 198 g/mol. The monoisotopic (exact) mass is 223 g/mol. The summed E-state index contributed by atoms with van der Waals surface area (Å²) in [6, 6.07) is 2.11. The number of aryl methyl sites for hydroxylation is 1. The van der Waals surface area contributed by atoms with Gasteiger partial charge in [-0.3, -0.25) is 4.68 Å². The van der Waals surface area contributed by atoms with Gasteiger partial charge in [-0.25, -0.2) is 0 Å². The number of nitrogens with one attached hydrogen (secondary N) is 1. The van der Waals surface area contributed by atoms with Gasteiger partial charge in [0.15, 0.2) is 0 Å². The molecule has 0 aliphatic carbocycles. The van der Waals surface area contributed by atoms with Crippen LogP contribution in [0.15, 0.2) is 12.3 Å². The third-order valence-electron chi connectivity index (χ3n) is 2.89. The normalized spacial score (nSPS) is 12.4. The van der Waals surface area contributed by atoms with Gasteiger partial charge in [-0.05, 0) is 31.5 Å². The first kappa shape index (κ1) is 13.2. The molecule has 0 fully saturated rings. The fourth-order valence-corrected chi connectivity index (χ4v) is 1.70. The molecule has 0 atom stereocenters. The van der Waals surface area contributed by atoms with Gasteiger partial charge in [0.25, 0.3) is 0 Å². The number of nitrogens with zero attached hydrogens (tertiary/aromatic N) is 2. The largest absolute Gasteiger partial charge is 0.316 e. The van der Waals surface area contributed by atoms with Gasteiger partial charge in [0, 0.05) is 18.7 Å². The molecule has 1 N–H and O–H groups in total. The van der Waals surface area contributed by atoms with Crippen LogP contribution in [0.2, 0.25) is 0 Å². The van der Waals surface area contributed by atoms with Crippen LogP contribution in [0, 0.1) is 5.92 Å². The first-order valence-corrected chi connectivity index (χ1v) is 6.12. The summed E-state index contributed by atoms with van der Waals surface area (Å²) in [4.78, 5) is 0. The van der Waals surface area contributed by atoms with Gasteiger partial charge < -0.3 is 5.32 Å². The zero-order chi connectivity index (χ0) is 12.2. The topological polar surface area (TPSA) is 29.9 Å². The minimum atomic E-state index is 0.158. The molecule has 0 aliphatic heterocycles. The van der Waals surface area contributed by atoms with Crippen LogP contribution < -0.4 is 5.32 Å². The molecule has 0 spiro atoms. The first-order chi connectivity index (χ1) is 7.42. The molecule has 3 nitrogen and oxygen atoms in total. The summed E-state index contributed by atoms with van der Waals surface area (Å²) in [6.45, 7) is 11.1. The van der Waals surface area contributed by atoms with Crippen molar-refractivity contribution in [3.63, 3.8) is 0 Å². The van der Waals surface area contributed by atoms with Crippen molar-refractivity contribution in [1.82, 2.24) is 15.1 Å². The summed E-state index contributed by atoms with van der Waals surface area (Å²) in [5.41, 5.74) is 1.34. The third-order valence-corrected chi connectivity index (χ3v) is 2.89. The van der Waals surface area contributed by atoms with Crippen molar-refractivity contribution < 1.29 is 0 Å². The van der Waals surface area contributed by atoms with Crippen LogP contribution in [0.1, 0.15) is 39.8 Å². The third kappa shape index (κ3) is 3.97. The van der Waals surface area contributed by atoms with E-state index >= 15 is 0 Å². The SMILES string of the molecule is CC(C)CNCCC(C)(C)c1ccn(C)n1. The van der Waals surface area contributed by atoms with Crippen LogP contribution in [0.3, 0.4) is 0 Å². The van der Waals surface area contributed by atoms with E-state index in [4.69, 9.17) is 0 Å². The maximum Gasteiger partial charge on any atom is 0.0681 e. The molecular formula is C13H25N3. The van der Waals surface area contributed by atoms with E-state index < -0.39 is 0 Å². The van der Waals surface area contributed by atoms with Crippen molar-refractivity contribution in [1.29, 1.82) is 0 Å². The van der Waals surface area contributed by atoms with Crippen LogP contribution in [-0.2, 0) is 12.5 Å². The van der Waals surface area contributed by atoms with Gasteiger partial charge in [0.05, 0.1) is 5.69 Å². The highest BCUT2D eigenvalue weighted by atomic mass is 15.2. The van der Waals surface area contributed by atoms with Crippen molar-refractivity contribution in [3.8, 4) is 0 Å². The molecule has 1 aromatic heterocycles. The number of aromatic nitrogens is 2. The Hall–Kier alpha value is -0.830. The van der Waals surface area contributed by atoms with Crippen molar-refractivity contribution >= 4 is 0 Å². The summed E-state index contributed by atoms with van der Waals surface area (Å²) < 4.78 is 1.87. The van der Waals surface area contributed by atoms with Gasteiger partial charge in [-0.1, -0.05) is 27.7 Å². The van der Waals surface area contributed by atoms with Crippen LogP contribution >= 0.6 is 0 Å². The molecule has 0 saturated carbocycles. The molecule has 1 heterocycles. The number of hydrogen-bond acceptors (Lipinski definition) is 2. The van der Waals surface area contributed by atoms with Gasteiger partial charge >= 0.3 is 0 Å². The Morgan fingerprint density at radius 1 is 1.44 bits per heavy atom. The standard InChI is InChI=1S/C13H25N3/c1-11(2)10-14-8-7-13(3,4)12-6-9-16(5)15-12/h6,9,11,14H,7-8,10H2,1-5H3. The van der Waals surface area contributed by atoms with E-state index in [2.05, 4.69) is 44.2 Å². The predicted octanol–water partition coefficient (Wildman–Crippen LogP) is 2.33. The summed E-state index contributed by atoms with van der Waals surface area (Å²) in [5.74, 6) is 0.720. The highest BCUT2D eigenvalue weighted by Crippen LogP contribution is 2.24. The maximum absolute atomic E-state index is 4.49. The zero-order valence-corrected chi connectivity index (χ0v) is 11.2. The lowest BCUT2D eigenvalue weighted by molar-refractivity contribution is 0.429. The molecule has 0 radical (unpaired) electrons. The van der Waals surface area contributed by atoms with E-state index in [1.54, 1.807) is 0 Å². The lowest BCUT2D eigenvalue weighted by Crippen LogP contribution is -2.28. The van der Waals surface area contributed by atoms with Gasteiger partial charge in [-0.15, -0.1) is 0 Å². The Kier molecular flexibility index (Phi) is 4.54. The second-order valence-electron chi connectivity index (χ2n) is 5.61. The molecule has 92 valence electrons. The summed E-state index contributed by atoms with van der Waals surface area (Å²) in [5, 5.41) is 7.97. The smallest absolute Gasteiger partial charge is 0.0681 e. The molecule has 1 rings (SSSR count). The zero-order valence-electron chi connectivity index (χ0n) is 11.2. The lowest BCUT2D eigenvalue weighted by Gasteiger charge is -2.22. The number of hydrogen-bond donors (Lipinski definition) is 1. The van der Waals surface area contributed by atoms with E-state index in [0.717, 1.165) is 25.4 Å². The second-order valence-corrected chi connectivity index (χ2v) is 5.61. The van der Waals surface area contributed by atoms with Gasteiger partial charge in [-0.2, -0.15) is 5.10 Å². The van der Waals surface area contributed by atoms with E-state index in [9.17, 15) is 0 Å². The number of rotatable bonds is 6. The lowest BCUT2D eigenvalue weighted by atomic mass is 9.86. The quantitative estimate of drug-likeness (QED) is 0.750. The van der Waals surface area contributed by atoms with Crippen molar-refractivity contribution in [3.05, 3.63) is 18.0 Å². The highest BCUT2D eigenvalue weighted by molar-refractivity contribution is 5.12. The molecule has 0 bridgehead atoms. The van der Waals surface area contributed by atoms with Crippen LogP contribution in [0.5, 0.6) is 0 Å². The summed E-state index contributed by atoms with van der Waals surface area (Å²) >= 11 is 0. The summed E-state index contributed by atoms with van der Waals surface area (Å²) in [7, 11) is 1.97. The molecule has 0 aliphatic rings. The van der Waals surface area contributed by atoms with Crippen LogP contribution in [0.4, 0.5) is 0 Å². The highest BCUT2D eigenvalue weighted by Gasteiger charge is 2.22. The average Bonchev–Trinajstić information content (AvgIpc) is 2.60. The van der Waals surface area contributed by atoms with E-state index in [1.165, 1.54) is 5.69 Å². The molecule has 0 amide bonds. The Labute approximate surface area is 99.2 Å². The maximum atomic E-state index is 4.49. The second kappa shape index (κ2) is 5.48. The molecule has 0 unspecified atom stereocenters. The van der Waals surface area contributed by atoms with Crippen molar-refractivity contribution in [2.24, 2.45) is 13.0 Å². The van der Waals surface area contributed by atoms with E-state index in [-0.39, 0.29) is 5.41 Å². The Morgan fingerprint density at radius 2 is 2.12 bits per heavy atom. The molecule has 1 aromatic rings. The average molecular weight is 223 g/mol. The van der Waals surface area contributed by atoms with E-state index in [0.29, 0.717) is 0 Å². The van der Waals surface area contributed by atoms with Gasteiger partial charge in [0.1, 0.15) is 0 Å². The molecule has 0 saturated heterocycles. The fourth-order valence-electron chi connectivity index (χ4n) is 1.70. The molecule has 0 aromatic carbocycles. The Morgan fingerprint density at radius 3 is 2.62 bits per heavy atom. The fraction of sp³-hybridized carbons (Fsp3) is 0.769. The van der Waals surface area contributed by atoms with Crippen LogP contribution in [-0.4, -0.2) is 22.9 Å². The Balaban J connectivity index is 2.40. The van der Waals surface area contributed by atoms with Crippen LogP contribution in [0.25, 0.3) is 0 Å². The minimum absolute atomic E-state index is 0.158. The van der Waals surface area contributed by atoms with Gasteiger partial charge in [0.2, 0.25) is 0 Å². The molecule has 3 heteroatoms. The first-order valence-electron chi connectivity index (χ1n) is 6.12. The van der Waals surface area contributed by atoms with Crippen molar-refractivity contribution in [2.45, 2.75) is 39.5 Å². The molecule has 16 heavy (non-hydrogen) atoms. The van der Waals surface area contributed by atoms with Crippen molar-refractivity contribution in [2.75, 3.05) is 13.1 Å². The predicted molar refractivity (Wildman–Crippen MR) is 68.6 cm³/mol.